The Labute approximate surface area is 107 Å². The molecule has 0 N–H and O–H groups in total. The molecule has 0 atom stereocenters. The fourth-order valence-electron chi connectivity index (χ4n) is 2.61. The number of aromatic nitrogens is 2. The molecule has 2 aromatic carbocycles. The van der Waals surface area contributed by atoms with Crippen molar-refractivity contribution in [2.24, 2.45) is 7.05 Å². The Hall–Kier alpha value is -2.09. The van der Waals surface area contributed by atoms with Gasteiger partial charge >= 0.3 is 0 Å². The second kappa shape index (κ2) is 3.98. The van der Waals surface area contributed by atoms with Gasteiger partial charge in [-0.05, 0) is 30.2 Å². The average molecular weight is 236 g/mol. The summed E-state index contributed by atoms with van der Waals surface area (Å²) in [6, 6.07) is 14.9. The number of hydrogen-bond donors (Lipinski definition) is 0. The van der Waals surface area contributed by atoms with Gasteiger partial charge in [0.1, 0.15) is 0 Å². The van der Waals surface area contributed by atoms with Crippen molar-refractivity contribution >= 4 is 10.8 Å². The van der Waals surface area contributed by atoms with Crippen LogP contribution in [0.2, 0.25) is 0 Å². The Kier molecular flexibility index (Phi) is 2.44. The largest absolute Gasteiger partial charge is 0.272 e. The molecule has 0 saturated carbocycles. The third-order valence-corrected chi connectivity index (χ3v) is 3.57. The van der Waals surface area contributed by atoms with Crippen LogP contribution in [-0.2, 0) is 7.05 Å². The maximum Gasteiger partial charge on any atom is 0.0675 e. The minimum atomic E-state index is 1.09. The van der Waals surface area contributed by atoms with E-state index in [-0.39, 0.29) is 0 Å². The summed E-state index contributed by atoms with van der Waals surface area (Å²) in [5.74, 6) is 0. The van der Waals surface area contributed by atoms with E-state index in [1.54, 1.807) is 0 Å². The lowest BCUT2D eigenvalue weighted by molar-refractivity contribution is 0.731. The zero-order valence-corrected chi connectivity index (χ0v) is 10.9. The van der Waals surface area contributed by atoms with Crippen LogP contribution in [0.3, 0.4) is 0 Å². The first-order valence-electron chi connectivity index (χ1n) is 6.17. The maximum atomic E-state index is 4.51. The Bertz CT molecular complexity index is 718. The monoisotopic (exact) mass is 236 g/mol. The molecular formula is C16H16N2. The summed E-state index contributed by atoms with van der Waals surface area (Å²) >= 11 is 0. The smallest absolute Gasteiger partial charge is 0.0675 e. The Morgan fingerprint density at radius 1 is 0.944 bits per heavy atom. The highest BCUT2D eigenvalue weighted by Crippen LogP contribution is 2.32. The number of aryl methyl sites for hydroxylation is 2. The lowest BCUT2D eigenvalue weighted by Crippen LogP contribution is -1.92. The van der Waals surface area contributed by atoms with Crippen molar-refractivity contribution in [1.82, 2.24) is 9.78 Å². The molecule has 2 heteroatoms. The molecule has 0 spiro atoms. The summed E-state index contributed by atoms with van der Waals surface area (Å²) in [4.78, 5) is 0. The van der Waals surface area contributed by atoms with E-state index in [0.717, 1.165) is 5.69 Å². The molecule has 90 valence electrons. The maximum absolute atomic E-state index is 4.51. The average Bonchev–Trinajstić information content (AvgIpc) is 2.63. The van der Waals surface area contributed by atoms with E-state index >= 15 is 0 Å². The second-order valence-electron chi connectivity index (χ2n) is 4.70. The van der Waals surface area contributed by atoms with Crippen molar-refractivity contribution in [2.75, 3.05) is 0 Å². The Balaban J connectivity index is 2.38. The van der Waals surface area contributed by atoms with Gasteiger partial charge < -0.3 is 0 Å². The summed E-state index contributed by atoms with van der Waals surface area (Å²) in [6.45, 7) is 4.20. The quantitative estimate of drug-likeness (QED) is 0.627. The number of benzene rings is 2. The van der Waals surface area contributed by atoms with Crippen LogP contribution in [0.25, 0.3) is 21.9 Å². The molecule has 18 heavy (non-hydrogen) atoms. The van der Waals surface area contributed by atoms with Crippen molar-refractivity contribution < 1.29 is 0 Å². The highest BCUT2D eigenvalue weighted by Gasteiger charge is 2.13. The summed E-state index contributed by atoms with van der Waals surface area (Å²) in [6.07, 6.45) is 0. The van der Waals surface area contributed by atoms with E-state index in [9.17, 15) is 0 Å². The van der Waals surface area contributed by atoms with E-state index in [1.807, 2.05) is 11.7 Å². The van der Waals surface area contributed by atoms with Crippen molar-refractivity contribution in [3.8, 4) is 11.1 Å². The zero-order valence-electron chi connectivity index (χ0n) is 10.9. The highest BCUT2D eigenvalue weighted by molar-refractivity contribution is 5.97. The zero-order chi connectivity index (χ0) is 12.7. The van der Waals surface area contributed by atoms with Gasteiger partial charge in [0.2, 0.25) is 0 Å². The molecule has 1 aromatic heterocycles. The van der Waals surface area contributed by atoms with Crippen molar-refractivity contribution in [3.63, 3.8) is 0 Å². The molecule has 3 aromatic rings. The van der Waals surface area contributed by atoms with Gasteiger partial charge in [0, 0.05) is 18.3 Å². The van der Waals surface area contributed by atoms with Crippen LogP contribution in [0, 0.1) is 13.8 Å². The van der Waals surface area contributed by atoms with Gasteiger partial charge in [0.25, 0.3) is 0 Å². The highest BCUT2D eigenvalue weighted by atomic mass is 15.3. The van der Waals surface area contributed by atoms with Crippen LogP contribution in [0.5, 0.6) is 0 Å². The summed E-state index contributed by atoms with van der Waals surface area (Å²) < 4.78 is 1.95. The van der Waals surface area contributed by atoms with Crippen LogP contribution in [0.4, 0.5) is 0 Å². The second-order valence-corrected chi connectivity index (χ2v) is 4.70. The minimum absolute atomic E-state index is 1.09. The van der Waals surface area contributed by atoms with Gasteiger partial charge in [-0.1, -0.05) is 42.5 Å². The number of fused-ring (bicyclic) bond motifs is 1. The van der Waals surface area contributed by atoms with E-state index in [1.165, 1.54) is 27.6 Å². The molecule has 0 bridgehead atoms. The summed E-state index contributed by atoms with van der Waals surface area (Å²) in [7, 11) is 2.00. The molecule has 0 radical (unpaired) electrons. The Morgan fingerprint density at radius 3 is 2.39 bits per heavy atom. The van der Waals surface area contributed by atoms with Gasteiger partial charge in [-0.3, -0.25) is 4.68 Å². The topological polar surface area (TPSA) is 17.8 Å². The first-order chi connectivity index (χ1) is 8.68. The molecule has 0 aliphatic heterocycles. The van der Waals surface area contributed by atoms with Crippen molar-refractivity contribution in [2.45, 2.75) is 13.8 Å². The summed E-state index contributed by atoms with van der Waals surface area (Å²) in [5.41, 5.74) is 4.83. The third-order valence-electron chi connectivity index (χ3n) is 3.57. The normalized spacial score (nSPS) is 11.1. The van der Waals surface area contributed by atoms with Crippen molar-refractivity contribution in [3.05, 3.63) is 53.9 Å². The molecule has 2 nitrogen and oxygen atoms in total. The van der Waals surface area contributed by atoms with Crippen LogP contribution in [0.1, 0.15) is 11.4 Å². The number of nitrogens with zero attached hydrogens (tertiary/aromatic N) is 2. The first kappa shape index (κ1) is 11.0. The minimum Gasteiger partial charge on any atom is -0.272 e. The Morgan fingerprint density at radius 2 is 1.67 bits per heavy atom. The molecule has 3 rings (SSSR count). The van der Waals surface area contributed by atoms with Crippen LogP contribution in [-0.4, -0.2) is 9.78 Å². The van der Waals surface area contributed by atoms with Gasteiger partial charge in [-0.2, -0.15) is 5.10 Å². The van der Waals surface area contributed by atoms with E-state index in [0.29, 0.717) is 0 Å². The van der Waals surface area contributed by atoms with E-state index in [4.69, 9.17) is 0 Å². The lowest BCUT2D eigenvalue weighted by atomic mass is 9.97. The first-order valence-corrected chi connectivity index (χ1v) is 6.17. The summed E-state index contributed by atoms with van der Waals surface area (Å²) in [5, 5.41) is 7.08. The molecule has 0 unspecified atom stereocenters. The fourth-order valence-corrected chi connectivity index (χ4v) is 2.61. The van der Waals surface area contributed by atoms with Crippen molar-refractivity contribution in [1.29, 1.82) is 0 Å². The molecule has 1 heterocycles. The van der Waals surface area contributed by atoms with Crippen LogP contribution < -0.4 is 0 Å². The van der Waals surface area contributed by atoms with Gasteiger partial charge in [-0.15, -0.1) is 0 Å². The predicted molar refractivity (Wildman–Crippen MR) is 75.6 cm³/mol. The molecule has 0 amide bonds. The molecule has 0 aliphatic carbocycles. The van der Waals surface area contributed by atoms with Gasteiger partial charge in [0.15, 0.2) is 0 Å². The van der Waals surface area contributed by atoms with E-state index < -0.39 is 0 Å². The molecular weight excluding hydrogens is 220 g/mol. The SMILES string of the molecule is Cc1nn(C)c(C)c1-c1cccc2ccccc12. The molecule has 0 aliphatic rings. The van der Waals surface area contributed by atoms with Crippen LogP contribution >= 0.6 is 0 Å². The van der Waals surface area contributed by atoms with Gasteiger partial charge in [0.05, 0.1) is 5.69 Å². The van der Waals surface area contributed by atoms with E-state index in [2.05, 4.69) is 61.4 Å². The fraction of sp³-hybridized carbons (Fsp3) is 0.188. The molecule has 0 fully saturated rings. The standard InChI is InChI=1S/C16H16N2/c1-11-16(12(2)18(3)17-11)15-10-6-8-13-7-4-5-9-14(13)15/h4-10H,1-3H3. The van der Waals surface area contributed by atoms with Crippen LogP contribution in [0.15, 0.2) is 42.5 Å². The predicted octanol–water partition coefficient (Wildman–Crippen LogP) is 3.86. The number of rotatable bonds is 1. The van der Waals surface area contributed by atoms with Gasteiger partial charge in [-0.25, -0.2) is 0 Å². The third kappa shape index (κ3) is 1.53. The lowest BCUT2D eigenvalue weighted by Gasteiger charge is -2.07. The molecule has 0 saturated heterocycles. The number of hydrogen-bond acceptors (Lipinski definition) is 1.